The average molecular weight is 305 g/mol. The Morgan fingerprint density at radius 1 is 1.33 bits per heavy atom. The summed E-state index contributed by atoms with van der Waals surface area (Å²) in [5.41, 5.74) is 1.83. The van der Waals surface area contributed by atoms with E-state index in [4.69, 9.17) is 4.74 Å². The minimum atomic E-state index is -3.50. The van der Waals surface area contributed by atoms with Gasteiger partial charge in [-0.2, -0.15) is 0 Å². The number of rotatable bonds is 6. The molecule has 0 amide bonds. The van der Waals surface area contributed by atoms with Crippen molar-refractivity contribution in [3.8, 4) is 17.1 Å². The van der Waals surface area contributed by atoms with Crippen LogP contribution < -0.4 is 9.46 Å². The molecule has 21 heavy (non-hydrogen) atoms. The van der Waals surface area contributed by atoms with Crippen molar-refractivity contribution in [2.45, 2.75) is 6.54 Å². The molecule has 0 saturated heterocycles. The standard InChI is InChI=1S/C14H15N3O3S/c1-3-21(18,19)16-10-11-8-12(20-2)9-14(17-11)13-6-4-5-7-15-13/h3-9,16H,1,10H2,2H3. The van der Waals surface area contributed by atoms with Gasteiger partial charge in [-0.05, 0) is 12.1 Å². The van der Waals surface area contributed by atoms with Gasteiger partial charge in [-0.15, -0.1) is 0 Å². The maximum absolute atomic E-state index is 11.4. The van der Waals surface area contributed by atoms with Crippen molar-refractivity contribution in [2.75, 3.05) is 7.11 Å². The molecule has 2 aromatic rings. The van der Waals surface area contributed by atoms with Gasteiger partial charge in [0.2, 0.25) is 10.0 Å². The Bertz CT molecular complexity index is 730. The summed E-state index contributed by atoms with van der Waals surface area (Å²) in [5.74, 6) is 0.582. The number of nitrogens with zero attached hydrogens (tertiary/aromatic N) is 2. The zero-order valence-electron chi connectivity index (χ0n) is 11.5. The van der Waals surface area contributed by atoms with Crippen molar-refractivity contribution < 1.29 is 13.2 Å². The van der Waals surface area contributed by atoms with Crippen LogP contribution in [0.3, 0.4) is 0 Å². The Labute approximate surface area is 123 Å². The Morgan fingerprint density at radius 3 is 2.76 bits per heavy atom. The quantitative estimate of drug-likeness (QED) is 0.878. The summed E-state index contributed by atoms with van der Waals surface area (Å²) in [4.78, 5) is 8.60. The Kier molecular flexibility index (Phi) is 4.66. The molecule has 6 nitrogen and oxygen atoms in total. The monoisotopic (exact) mass is 305 g/mol. The lowest BCUT2D eigenvalue weighted by Crippen LogP contribution is -2.21. The first-order valence-corrected chi connectivity index (χ1v) is 7.67. The lowest BCUT2D eigenvalue weighted by Gasteiger charge is -2.08. The summed E-state index contributed by atoms with van der Waals surface area (Å²) >= 11 is 0. The molecular weight excluding hydrogens is 290 g/mol. The molecule has 0 fully saturated rings. The molecule has 0 aromatic carbocycles. The van der Waals surface area contributed by atoms with Crippen molar-refractivity contribution in [3.05, 3.63) is 54.2 Å². The number of ether oxygens (including phenoxy) is 1. The second-order valence-electron chi connectivity index (χ2n) is 4.13. The van der Waals surface area contributed by atoms with E-state index in [-0.39, 0.29) is 6.54 Å². The van der Waals surface area contributed by atoms with E-state index in [0.29, 0.717) is 22.8 Å². The third-order valence-electron chi connectivity index (χ3n) is 2.69. The molecule has 0 saturated carbocycles. The number of aromatic nitrogens is 2. The van der Waals surface area contributed by atoms with E-state index < -0.39 is 10.0 Å². The van der Waals surface area contributed by atoms with Crippen LogP contribution in [0.25, 0.3) is 11.4 Å². The molecule has 0 radical (unpaired) electrons. The number of hydrogen-bond acceptors (Lipinski definition) is 5. The van der Waals surface area contributed by atoms with Crippen molar-refractivity contribution in [2.24, 2.45) is 0 Å². The second kappa shape index (κ2) is 6.47. The van der Waals surface area contributed by atoms with Crippen molar-refractivity contribution in [3.63, 3.8) is 0 Å². The molecule has 0 bridgehead atoms. The molecule has 0 aliphatic carbocycles. The minimum Gasteiger partial charge on any atom is -0.497 e. The highest BCUT2D eigenvalue weighted by molar-refractivity contribution is 7.92. The molecule has 2 aromatic heterocycles. The minimum absolute atomic E-state index is 0.0470. The van der Waals surface area contributed by atoms with Gasteiger partial charge in [0.25, 0.3) is 0 Å². The van der Waals surface area contributed by atoms with Gasteiger partial charge in [-0.3, -0.25) is 4.98 Å². The lowest BCUT2D eigenvalue weighted by atomic mass is 10.2. The van der Waals surface area contributed by atoms with Crippen LogP contribution in [-0.4, -0.2) is 25.5 Å². The first-order valence-electron chi connectivity index (χ1n) is 6.12. The SMILES string of the molecule is C=CS(=O)(=O)NCc1cc(OC)cc(-c2ccccn2)n1. The third-order valence-corrected chi connectivity index (χ3v) is 3.67. The van der Waals surface area contributed by atoms with Crippen LogP contribution in [0.1, 0.15) is 5.69 Å². The predicted octanol–water partition coefficient (Wildman–Crippen LogP) is 1.72. The Hall–Kier alpha value is -2.25. The van der Waals surface area contributed by atoms with Crippen molar-refractivity contribution >= 4 is 10.0 Å². The number of sulfonamides is 1. The Morgan fingerprint density at radius 2 is 2.14 bits per heavy atom. The van der Waals surface area contributed by atoms with E-state index in [9.17, 15) is 8.42 Å². The molecule has 1 N–H and O–H groups in total. The molecular formula is C14H15N3O3S. The van der Waals surface area contributed by atoms with Gasteiger partial charge < -0.3 is 4.74 Å². The maximum Gasteiger partial charge on any atom is 0.233 e. The fraction of sp³-hybridized carbons (Fsp3) is 0.143. The smallest absolute Gasteiger partial charge is 0.233 e. The first kappa shape index (κ1) is 15.1. The van der Waals surface area contributed by atoms with Crippen LogP contribution in [-0.2, 0) is 16.6 Å². The summed E-state index contributed by atoms with van der Waals surface area (Å²) in [6.07, 6.45) is 1.66. The average Bonchev–Trinajstić information content (AvgIpc) is 2.53. The fourth-order valence-corrected chi connectivity index (χ4v) is 2.11. The Balaban J connectivity index is 2.32. The van der Waals surface area contributed by atoms with E-state index >= 15 is 0 Å². The third kappa shape index (κ3) is 4.11. The summed E-state index contributed by atoms with van der Waals surface area (Å²) in [5, 5.41) is 0.854. The number of hydrogen-bond donors (Lipinski definition) is 1. The lowest BCUT2D eigenvalue weighted by molar-refractivity contribution is 0.413. The van der Waals surface area contributed by atoms with Crippen LogP contribution in [0.2, 0.25) is 0 Å². The van der Waals surface area contributed by atoms with Gasteiger partial charge in [-0.1, -0.05) is 12.6 Å². The van der Waals surface area contributed by atoms with E-state index in [1.807, 2.05) is 18.2 Å². The van der Waals surface area contributed by atoms with Gasteiger partial charge >= 0.3 is 0 Å². The van der Waals surface area contributed by atoms with Crippen LogP contribution in [0.4, 0.5) is 0 Å². The zero-order chi connectivity index (χ0) is 15.3. The summed E-state index contributed by atoms with van der Waals surface area (Å²) in [7, 11) is -1.96. The number of methoxy groups -OCH3 is 1. The molecule has 0 aliphatic rings. The summed E-state index contributed by atoms with van der Waals surface area (Å²) in [6.45, 7) is 3.28. The predicted molar refractivity (Wildman–Crippen MR) is 80.0 cm³/mol. The van der Waals surface area contributed by atoms with E-state index in [1.165, 1.54) is 7.11 Å². The van der Waals surface area contributed by atoms with Gasteiger partial charge in [-0.25, -0.2) is 18.1 Å². The highest BCUT2D eigenvalue weighted by Gasteiger charge is 2.09. The number of nitrogens with one attached hydrogen (secondary N) is 1. The largest absolute Gasteiger partial charge is 0.497 e. The first-order chi connectivity index (χ1) is 10.0. The summed E-state index contributed by atoms with van der Waals surface area (Å²) in [6, 6.07) is 8.89. The topological polar surface area (TPSA) is 81.2 Å². The fourth-order valence-electron chi connectivity index (χ4n) is 1.65. The van der Waals surface area contributed by atoms with Crippen molar-refractivity contribution in [1.29, 1.82) is 0 Å². The molecule has 110 valence electrons. The van der Waals surface area contributed by atoms with Crippen LogP contribution in [0, 0.1) is 0 Å². The molecule has 0 spiro atoms. The number of pyridine rings is 2. The maximum atomic E-state index is 11.4. The van der Waals surface area contributed by atoms with E-state index in [1.54, 1.807) is 18.3 Å². The molecule has 0 atom stereocenters. The van der Waals surface area contributed by atoms with Gasteiger partial charge in [0.15, 0.2) is 0 Å². The van der Waals surface area contributed by atoms with Crippen molar-refractivity contribution in [1.82, 2.24) is 14.7 Å². The molecule has 2 heterocycles. The van der Waals surface area contributed by atoms with Gasteiger partial charge in [0.05, 0.1) is 30.7 Å². The summed E-state index contributed by atoms with van der Waals surface area (Å²) < 4.78 is 30.3. The molecule has 0 unspecified atom stereocenters. The van der Waals surface area contributed by atoms with Gasteiger partial charge in [0, 0.05) is 23.7 Å². The van der Waals surface area contributed by atoms with Crippen LogP contribution in [0.5, 0.6) is 5.75 Å². The normalized spacial score (nSPS) is 11.1. The second-order valence-corrected chi connectivity index (χ2v) is 5.84. The molecule has 7 heteroatoms. The highest BCUT2D eigenvalue weighted by Crippen LogP contribution is 2.21. The molecule has 0 aliphatic heterocycles. The zero-order valence-corrected chi connectivity index (χ0v) is 12.3. The van der Waals surface area contributed by atoms with Crippen LogP contribution >= 0.6 is 0 Å². The molecule has 2 rings (SSSR count). The van der Waals surface area contributed by atoms with E-state index in [0.717, 1.165) is 5.41 Å². The van der Waals surface area contributed by atoms with E-state index in [2.05, 4.69) is 21.3 Å². The highest BCUT2D eigenvalue weighted by atomic mass is 32.2. The van der Waals surface area contributed by atoms with Crippen LogP contribution in [0.15, 0.2) is 48.5 Å². The van der Waals surface area contributed by atoms with Gasteiger partial charge in [0.1, 0.15) is 5.75 Å².